The van der Waals surface area contributed by atoms with E-state index in [1.54, 1.807) is 51.1 Å². The van der Waals surface area contributed by atoms with Gasteiger partial charge in [-0.1, -0.05) is 35.9 Å². The van der Waals surface area contributed by atoms with Crippen LogP contribution in [0.25, 0.3) is 11.1 Å². The Labute approximate surface area is 208 Å². The molecule has 0 spiro atoms. The lowest BCUT2D eigenvalue weighted by atomic mass is 9.93. The molecule has 0 unspecified atom stereocenters. The summed E-state index contributed by atoms with van der Waals surface area (Å²) in [4.78, 5) is 37.4. The standard InChI is InChI=1S/C26H29ClFNO6/c1-25(2,3)35-24(32)29-18(14-20-22(30)33-26(4,5)34-23(20)31)12-15-6-8-16(9-7-15)19-13-17(27)10-11-21(19)28/h6-11,13,18,20H,12,14H2,1-5H3,(H,29,32)/t18-/m1/s1. The van der Waals surface area contributed by atoms with Gasteiger partial charge in [0, 0.05) is 30.5 Å². The van der Waals surface area contributed by atoms with E-state index < -0.39 is 47.2 Å². The number of hydrogen-bond acceptors (Lipinski definition) is 6. The largest absolute Gasteiger partial charge is 0.444 e. The molecule has 0 saturated carbocycles. The van der Waals surface area contributed by atoms with Gasteiger partial charge >= 0.3 is 18.0 Å². The van der Waals surface area contributed by atoms with Gasteiger partial charge in [-0.15, -0.1) is 0 Å². The van der Waals surface area contributed by atoms with E-state index in [9.17, 15) is 18.8 Å². The van der Waals surface area contributed by atoms with Crippen LogP contribution >= 0.6 is 11.6 Å². The number of carbonyl (C=O) groups excluding carboxylic acids is 3. The van der Waals surface area contributed by atoms with Crippen molar-refractivity contribution in [1.82, 2.24) is 5.32 Å². The van der Waals surface area contributed by atoms with E-state index in [1.165, 1.54) is 26.0 Å². The molecule has 1 fully saturated rings. The molecular weight excluding hydrogens is 477 g/mol. The van der Waals surface area contributed by atoms with Gasteiger partial charge in [-0.05, 0) is 62.9 Å². The van der Waals surface area contributed by atoms with Crippen LogP contribution in [0.2, 0.25) is 5.02 Å². The predicted molar refractivity (Wildman–Crippen MR) is 128 cm³/mol. The molecule has 9 heteroatoms. The SMILES string of the molecule is CC(C)(C)OC(=O)N[C@H](Cc1ccc(-c2cc(Cl)ccc2F)cc1)CC1C(=O)OC(C)(C)OC1=O. The van der Waals surface area contributed by atoms with Gasteiger partial charge < -0.3 is 19.5 Å². The number of rotatable bonds is 6. The normalized spacial score (nSPS) is 16.8. The summed E-state index contributed by atoms with van der Waals surface area (Å²) < 4.78 is 30.0. The third kappa shape index (κ3) is 7.42. The Kier molecular flexibility index (Phi) is 7.74. The fourth-order valence-corrected chi connectivity index (χ4v) is 3.88. The van der Waals surface area contributed by atoms with E-state index in [2.05, 4.69) is 5.32 Å². The zero-order valence-electron chi connectivity index (χ0n) is 20.3. The predicted octanol–water partition coefficient (Wildman–Crippen LogP) is 5.42. The second kappa shape index (κ2) is 10.2. The number of ether oxygens (including phenoxy) is 3. The van der Waals surface area contributed by atoms with Crippen LogP contribution in [0, 0.1) is 11.7 Å². The molecule has 188 valence electrons. The van der Waals surface area contributed by atoms with E-state index >= 15 is 0 Å². The summed E-state index contributed by atoms with van der Waals surface area (Å²) >= 11 is 6.00. The number of hydrogen-bond donors (Lipinski definition) is 1. The van der Waals surface area contributed by atoms with Gasteiger partial charge in [0.1, 0.15) is 11.4 Å². The van der Waals surface area contributed by atoms with Crippen molar-refractivity contribution in [2.75, 3.05) is 0 Å². The van der Waals surface area contributed by atoms with Gasteiger partial charge in [0.05, 0.1) is 0 Å². The van der Waals surface area contributed by atoms with Crippen molar-refractivity contribution in [3.63, 3.8) is 0 Å². The minimum Gasteiger partial charge on any atom is -0.444 e. The molecule has 3 rings (SSSR count). The zero-order chi connectivity index (χ0) is 26.0. The van der Waals surface area contributed by atoms with Gasteiger partial charge in [-0.2, -0.15) is 0 Å². The summed E-state index contributed by atoms with van der Waals surface area (Å²) in [6, 6.07) is 10.7. The fourth-order valence-electron chi connectivity index (χ4n) is 3.71. The van der Waals surface area contributed by atoms with E-state index in [0.717, 1.165) is 5.56 Å². The highest BCUT2D eigenvalue weighted by atomic mass is 35.5. The fraction of sp³-hybridized carbons (Fsp3) is 0.423. The molecule has 0 aliphatic carbocycles. The Morgan fingerprint density at radius 2 is 1.71 bits per heavy atom. The quantitative estimate of drug-likeness (QED) is 0.416. The van der Waals surface area contributed by atoms with Crippen molar-refractivity contribution in [3.05, 3.63) is 58.9 Å². The maximum Gasteiger partial charge on any atom is 0.407 e. The average molecular weight is 506 g/mol. The number of cyclic esters (lactones) is 2. The van der Waals surface area contributed by atoms with E-state index in [0.29, 0.717) is 16.1 Å². The first-order valence-electron chi connectivity index (χ1n) is 11.2. The molecule has 1 atom stereocenters. The van der Waals surface area contributed by atoms with Crippen LogP contribution in [-0.4, -0.2) is 35.5 Å². The minimum absolute atomic E-state index is 0.0440. The molecule has 1 amide bonds. The molecule has 0 radical (unpaired) electrons. The summed E-state index contributed by atoms with van der Waals surface area (Å²) in [5, 5.41) is 3.16. The first kappa shape index (κ1) is 26.5. The third-order valence-electron chi connectivity index (χ3n) is 5.18. The Morgan fingerprint density at radius 1 is 1.11 bits per heavy atom. The van der Waals surface area contributed by atoms with Crippen molar-refractivity contribution >= 4 is 29.6 Å². The van der Waals surface area contributed by atoms with Crippen LogP contribution in [-0.2, 0) is 30.2 Å². The van der Waals surface area contributed by atoms with E-state index in [4.69, 9.17) is 25.8 Å². The maximum atomic E-state index is 14.2. The molecule has 0 aromatic heterocycles. The van der Waals surface area contributed by atoms with Gasteiger partial charge in [0.2, 0.25) is 0 Å². The van der Waals surface area contributed by atoms with E-state index in [-0.39, 0.29) is 12.8 Å². The van der Waals surface area contributed by atoms with Crippen LogP contribution < -0.4 is 5.32 Å². The summed E-state index contributed by atoms with van der Waals surface area (Å²) in [5.74, 6) is -4.36. The average Bonchev–Trinajstić information content (AvgIpc) is 2.71. The molecular formula is C26H29ClFNO6. The molecule has 7 nitrogen and oxygen atoms in total. The second-order valence-corrected chi connectivity index (χ2v) is 10.3. The molecule has 0 bridgehead atoms. The third-order valence-corrected chi connectivity index (χ3v) is 5.41. The van der Waals surface area contributed by atoms with Crippen molar-refractivity contribution in [2.45, 2.75) is 64.9 Å². The topological polar surface area (TPSA) is 90.9 Å². The number of halogens is 2. The van der Waals surface area contributed by atoms with Gasteiger partial charge in [0.15, 0.2) is 5.92 Å². The number of esters is 2. The van der Waals surface area contributed by atoms with Crippen LogP contribution in [0.3, 0.4) is 0 Å². The molecule has 1 aliphatic heterocycles. The van der Waals surface area contributed by atoms with Crippen LogP contribution in [0.15, 0.2) is 42.5 Å². The van der Waals surface area contributed by atoms with Crippen LogP contribution in [0.5, 0.6) is 0 Å². The monoisotopic (exact) mass is 505 g/mol. The molecule has 1 saturated heterocycles. The molecule has 35 heavy (non-hydrogen) atoms. The van der Waals surface area contributed by atoms with Crippen LogP contribution in [0.1, 0.15) is 46.6 Å². The highest BCUT2D eigenvalue weighted by Crippen LogP contribution is 2.29. The Hall–Kier alpha value is -3.13. The lowest BCUT2D eigenvalue weighted by Gasteiger charge is -2.34. The van der Waals surface area contributed by atoms with Crippen LogP contribution in [0.4, 0.5) is 9.18 Å². The molecule has 1 heterocycles. The van der Waals surface area contributed by atoms with Gasteiger partial charge in [-0.25, -0.2) is 9.18 Å². The van der Waals surface area contributed by atoms with Gasteiger partial charge in [0.25, 0.3) is 5.79 Å². The Bertz CT molecular complexity index is 1090. The molecule has 1 N–H and O–H groups in total. The summed E-state index contributed by atoms with van der Waals surface area (Å²) in [5.41, 5.74) is 1.05. The highest BCUT2D eigenvalue weighted by Gasteiger charge is 2.44. The van der Waals surface area contributed by atoms with Crippen molar-refractivity contribution in [3.8, 4) is 11.1 Å². The Balaban J connectivity index is 1.79. The molecule has 2 aromatic rings. The Morgan fingerprint density at radius 3 is 2.29 bits per heavy atom. The van der Waals surface area contributed by atoms with Crippen molar-refractivity contribution in [1.29, 1.82) is 0 Å². The molecule has 1 aliphatic rings. The summed E-state index contributed by atoms with van der Waals surface area (Å²) in [6.07, 6.45) is -0.451. The number of amides is 1. The van der Waals surface area contributed by atoms with Gasteiger partial charge in [-0.3, -0.25) is 9.59 Å². The lowest BCUT2D eigenvalue weighted by molar-refractivity contribution is -0.240. The smallest absolute Gasteiger partial charge is 0.407 e. The summed E-state index contributed by atoms with van der Waals surface area (Å²) in [7, 11) is 0. The van der Waals surface area contributed by atoms with Crippen molar-refractivity contribution in [2.24, 2.45) is 5.92 Å². The number of benzene rings is 2. The zero-order valence-corrected chi connectivity index (χ0v) is 21.1. The summed E-state index contributed by atoms with van der Waals surface area (Å²) in [6.45, 7) is 8.13. The number of carbonyl (C=O) groups is 3. The highest BCUT2D eigenvalue weighted by molar-refractivity contribution is 6.30. The van der Waals surface area contributed by atoms with Crippen molar-refractivity contribution < 1.29 is 33.0 Å². The maximum absolute atomic E-state index is 14.2. The number of alkyl carbamates (subject to hydrolysis) is 1. The van der Waals surface area contributed by atoms with E-state index in [1.807, 2.05) is 0 Å². The first-order valence-corrected chi connectivity index (χ1v) is 11.6. The minimum atomic E-state index is -1.34. The number of nitrogens with one attached hydrogen (secondary N) is 1. The molecule has 2 aromatic carbocycles. The second-order valence-electron chi connectivity index (χ2n) is 9.90. The first-order chi connectivity index (χ1) is 16.2. The lowest BCUT2D eigenvalue weighted by Crippen LogP contribution is -2.49.